The number of rotatable bonds is 6. The van der Waals surface area contributed by atoms with Gasteiger partial charge in [-0.1, -0.05) is 5.16 Å². The smallest absolute Gasteiger partial charge is 0.305 e. The summed E-state index contributed by atoms with van der Waals surface area (Å²) in [6.07, 6.45) is 0.284. The minimum atomic E-state index is -0.863. The highest BCUT2D eigenvalue weighted by atomic mass is 16.5. The van der Waals surface area contributed by atoms with E-state index in [0.29, 0.717) is 37.9 Å². The van der Waals surface area contributed by atoms with Gasteiger partial charge in [-0.05, 0) is 6.92 Å². The molecule has 0 aromatic carbocycles. The van der Waals surface area contributed by atoms with E-state index in [0.717, 1.165) is 0 Å². The van der Waals surface area contributed by atoms with E-state index in [1.54, 1.807) is 13.0 Å². The Balaban J connectivity index is 1.79. The minimum absolute atomic E-state index is 0.0180. The van der Waals surface area contributed by atoms with Crippen molar-refractivity contribution in [1.82, 2.24) is 10.1 Å². The summed E-state index contributed by atoms with van der Waals surface area (Å²) in [4.78, 5) is 24.6. The Morgan fingerprint density at radius 3 is 3.05 bits per heavy atom. The number of morpholine rings is 1. The van der Waals surface area contributed by atoms with Gasteiger partial charge in [0, 0.05) is 31.6 Å². The SMILES string of the molecule is Cc1cc(NC(=O)CCN2CCOCC2CC(=O)O)no1. The summed E-state index contributed by atoms with van der Waals surface area (Å²) in [5.41, 5.74) is 0. The highest BCUT2D eigenvalue weighted by Crippen LogP contribution is 2.12. The first kappa shape index (κ1) is 15.5. The van der Waals surface area contributed by atoms with Crippen molar-refractivity contribution in [1.29, 1.82) is 0 Å². The zero-order valence-electron chi connectivity index (χ0n) is 11.9. The molecule has 1 fully saturated rings. The Labute approximate surface area is 122 Å². The summed E-state index contributed by atoms with van der Waals surface area (Å²) in [5.74, 6) is -0.0246. The van der Waals surface area contributed by atoms with Crippen LogP contribution in [0.4, 0.5) is 5.82 Å². The standard InChI is InChI=1S/C13H19N3O5/c1-9-6-11(15-21-9)14-12(17)2-3-16-4-5-20-8-10(16)7-13(18)19/h6,10H,2-5,7-8H2,1H3,(H,18,19)(H,14,15,17). The van der Waals surface area contributed by atoms with Gasteiger partial charge in [0.05, 0.1) is 19.6 Å². The van der Waals surface area contributed by atoms with Crippen molar-refractivity contribution in [3.8, 4) is 0 Å². The van der Waals surface area contributed by atoms with Gasteiger partial charge in [0.1, 0.15) is 5.76 Å². The maximum atomic E-state index is 11.8. The molecule has 116 valence electrons. The number of nitrogens with zero attached hydrogens (tertiary/aromatic N) is 2. The molecule has 0 spiro atoms. The summed E-state index contributed by atoms with van der Waals surface area (Å²) >= 11 is 0. The fourth-order valence-corrected chi connectivity index (χ4v) is 2.25. The molecule has 0 saturated carbocycles. The van der Waals surface area contributed by atoms with Crippen LogP contribution in [0.5, 0.6) is 0 Å². The molecule has 1 aliphatic rings. The van der Waals surface area contributed by atoms with Gasteiger partial charge in [0.2, 0.25) is 5.91 Å². The zero-order valence-corrected chi connectivity index (χ0v) is 11.9. The van der Waals surface area contributed by atoms with Crippen LogP contribution in [-0.2, 0) is 14.3 Å². The molecular formula is C13H19N3O5. The molecule has 1 saturated heterocycles. The van der Waals surface area contributed by atoms with E-state index in [9.17, 15) is 9.59 Å². The summed E-state index contributed by atoms with van der Waals surface area (Å²) in [7, 11) is 0. The van der Waals surface area contributed by atoms with E-state index in [4.69, 9.17) is 14.4 Å². The van der Waals surface area contributed by atoms with Gasteiger partial charge >= 0.3 is 5.97 Å². The lowest BCUT2D eigenvalue weighted by Crippen LogP contribution is -2.47. The number of aliphatic carboxylic acids is 1. The molecule has 1 aliphatic heterocycles. The van der Waals surface area contributed by atoms with Gasteiger partial charge in [0.25, 0.3) is 0 Å². The summed E-state index contributed by atoms with van der Waals surface area (Å²) < 4.78 is 10.2. The second-order valence-corrected chi connectivity index (χ2v) is 4.98. The number of amides is 1. The number of aryl methyl sites for hydroxylation is 1. The molecule has 0 bridgehead atoms. The second-order valence-electron chi connectivity index (χ2n) is 4.98. The molecule has 0 radical (unpaired) electrons. The van der Waals surface area contributed by atoms with Crippen LogP contribution in [0.15, 0.2) is 10.6 Å². The number of anilines is 1. The molecule has 1 amide bonds. The summed E-state index contributed by atoms with van der Waals surface area (Å²) in [6, 6.07) is 1.46. The van der Waals surface area contributed by atoms with Crippen LogP contribution < -0.4 is 5.32 Å². The van der Waals surface area contributed by atoms with E-state index in [2.05, 4.69) is 10.5 Å². The molecule has 1 unspecified atom stereocenters. The maximum absolute atomic E-state index is 11.8. The van der Waals surface area contributed by atoms with E-state index < -0.39 is 5.97 Å². The molecule has 8 heteroatoms. The monoisotopic (exact) mass is 297 g/mol. The first-order valence-electron chi connectivity index (χ1n) is 6.81. The maximum Gasteiger partial charge on any atom is 0.305 e. The van der Waals surface area contributed by atoms with Crippen LogP contribution in [0.1, 0.15) is 18.6 Å². The molecule has 1 atom stereocenters. The molecular weight excluding hydrogens is 278 g/mol. The number of hydrogen-bond donors (Lipinski definition) is 2. The number of nitrogens with one attached hydrogen (secondary N) is 1. The highest BCUT2D eigenvalue weighted by molar-refractivity contribution is 5.89. The van der Waals surface area contributed by atoms with Crippen LogP contribution in [0.3, 0.4) is 0 Å². The molecule has 8 nitrogen and oxygen atoms in total. The molecule has 2 N–H and O–H groups in total. The Morgan fingerprint density at radius 1 is 1.57 bits per heavy atom. The number of carbonyl (C=O) groups excluding carboxylic acids is 1. The molecule has 2 rings (SSSR count). The number of carboxylic acid groups (broad SMARTS) is 1. The lowest BCUT2D eigenvalue weighted by molar-refractivity contribution is -0.140. The zero-order chi connectivity index (χ0) is 15.2. The number of carbonyl (C=O) groups is 2. The van der Waals surface area contributed by atoms with Gasteiger partial charge in [-0.2, -0.15) is 0 Å². The Hall–Kier alpha value is -1.93. The van der Waals surface area contributed by atoms with Gasteiger partial charge in [-0.15, -0.1) is 0 Å². The average Bonchev–Trinajstić information content (AvgIpc) is 2.82. The van der Waals surface area contributed by atoms with Crippen LogP contribution in [0, 0.1) is 6.92 Å². The number of hydrogen-bond acceptors (Lipinski definition) is 6. The molecule has 0 aliphatic carbocycles. The number of aromatic nitrogens is 1. The third-order valence-electron chi connectivity index (χ3n) is 3.28. The minimum Gasteiger partial charge on any atom is -0.481 e. The molecule has 1 aromatic rings. The predicted molar refractivity (Wildman–Crippen MR) is 72.9 cm³/mol. The van der Waals surface area contributed by atoms with Gasteiger partial charge < -0.3 is 19.7 Å². The van der Waals surface area contributed by atoms with Crippen molar-refractivity contribution in [2.24, 2.45) is 0 Å². The Bertz CT molecular complexity index is 502. The van der Waals surface area contributed by atoms with Gasteiger partial charge in [0.15, 0.2) is 5.82 Å². The Kier molecular flexibility index (Phi) is 5.29. The number of ether oxygens (including phenoxy) is 1. The largest absolute Gasteiger partial charge is 0.481 e. The third kappa shape index (κ3) is 4.83. The summed E-state index contributed by atoms with van der Waals surface area (Å²) in [5, 5.41) is 15.2. The predicted octanol–water partition coefficient (Wildman–Crippen LogP) is 0.487. The fourth-order valence-electron chi connectivity index (χ4n) is 2.25. The average molecular weight is 297 g/mol. The van der Waals surface area contributed by atoms with Crippen molar-refractivity contribution < 1.29 is 24.0 Å². The van der Waals surface area contributed by atoms with Crippen molar-refractivity contribution in [3.63, 3.8) is 0 Å². The van der Waals surface area contributed by atoms with Crippen LogP contribution >= 0.6 is 0 Å². The highest BCUT2D eigenvalue weighted by Gasteiger charge is 2.25. The van der Waals surface area contributed by atoms with Crippen molar-refractivity contribution in [2.75, 3.05) is 31.6 Å². The van der Waals surface area contributed by atoms with Crippen molar-refractivity contribution in [2.45, 2.75) is 25.8 Å². The Morgan fingerprint density at radius 2 is 2.38 bits per heavy atom. The first-order valence-corrected chi connectivity index (χ1v) is 6.81. The quantitative estimate of drug-likeness (QED) is 0.787. The van der Waals surface area contributed by atoms with Crippen molar-refractivity contribution >= 4 is 17.7 Å². The lowest BCUT2D eigenvalue weighted by Gasteiger charge is -2.34. The van der Waals surface area contributed by atoms with E-state index in [1.807, 2.05) is 4.90 Å². The molecule has 2 heterocycles. The second kappa shape index (κ2) is 7.19. The lowest BCUT2D eigenvalue weighted by atomic mass is 10.1. The molecule has 1 aromatic heterocycles. The first-order chi connectivity index (χ1) is 10.0. The van der Waals surface area contributed by atoms with Crippen LogP contribution in [0.2, 0.25) is 0 Å². The van der Waals surface area contributed by atoms with Crippen molar-refractivity contribution in [3.05, 3.63) is 11.8 Å². The molecule has 21 heavy (non-hydrogen) atoms. The van der Waals surface area contributed by atoms with Crippen LogP contribution in [-0.4, -0.2) is 59.4 Å². The van der Waals surface area contributed by atoms with E-state index in [-0.39, 0.29) is 24.8 Å². The van der Waals surface area contributed by atoms with E-state index in [1.165, 1.54) is 0 Å². The third-order valence-corrected chi connectivity index (χ3v) is 3.28. The number of carboxylic acids is 1. The normalized spacial score (nSPS) is 19.4. The summed E-state index contributed by atoms with van der Waals surface area (Å²) in [6.45, 7) is 3.81. The van der Waals surface area contributed by atoms with Gasteiger partial charge in [-0.3, -0.25) is 14.5 Å². The fraction of sp³-hybridized carbons (Fsp3) is 0.615. The van der Waals surface area contributed by atoms with E-state index >= 15 is 0 Å². The van der Waals surface area contributed by atoms with Crippen LogP contribution in [0.25, 0.3) is 0 Å². The topological polar surface area (TPSA) is 105 Å². The van der Waals surface area contributed by atoms with Gasteiger partial charge in [-0.25, -0.2) is 0 Å².